The average Bonchev–Trinajstić information content (AvgIpc) is 2.95. The zero-order valence-corrected chi connectivity index (χ0v) is 12.4. The van der Waals surface area contributed by atoms with Crippen LogP contribution in [0.2, 0.25) is 0 Å². The molecular weight excluding hydrogens is 280 g/mol. The number of nitrogens with one attached hydrogen (secondary N) is 1. The van der Waals surface area contributed by atoms with Gasteiger partial charge in [0, 0.05) is 16.5 Å². The molecule has 0 radical (unpaired) electrons. The summed E-state index contributed by atoms with van der Waals surface area (Å²) in [5, 5.41) is 7.65. The maximum Gasteiger partial charge on any atom is 0.252 e. The molecule has 0 fully saturated rings. The van der Waals surface area contributed by atoms with Crippen LogP contribution in [0, 0.1) is 0 Å². The van der Waals surface area contributed by atoms with Crippen molar-refractivity contribution in [2.45, 2.75) is 6.92 Å². The molecule has 2 aromatic carbocycles. The molecular formula is C17H14N2OS. The Hall–Kier alpha value is -2.46. The Kier molecular flexibility index (Phi) is 3.54. The summed E-state index contributed by atoms with van der Waals surface area (Å²) in [5.74, 6) is -0.200. The van der Waals surface area contributed by atoms with E-state index in [0.29, 0.717) is 10.7 Å². The van der Waals surface area contributed by atoms with Crippen molar-refractivity contribution >= 4 is 33.1 Å². The standard InChI is InChI=1S/C17H14N2OS/c1-11(2)16(20)19-17-18-15(10-21-17)14-8-7-12-5-3-4-6-13(12)9-14/h3-10H,1H2,2H3,(H,18,19,20). The van der Waals surface area contributed by atoms with Crippen LogP contribution in [0.25, 0.3) is 22.0 Å². The van der Waals surface area contributed by atoms with Gasteiger partial charge in [0.15, 0.2) is 5.13 Å². The molecule has 0 aliphatic rings. The van der Waals surface area contributed by atoms with Crippen molar-refractivity contribution in [3.8, 4) is 11.3 Å². The maximum atomic E-state index is 11.6. The van der Waals surface area contributed by atoms with Crippen LogP contribution in [0.5, 0.6) is 0 Å². The van der Waals surface area contributed by atoms with Gasteiger partial charge in [-0.05, 0) is 23.8 Å². The summed E-state index contributed by atoms with van der Waals surface area (Å²) in [5.41, 5.74) is 2.38. The second-order valence-electron chi connectivity index (χ2n) is 4.83. The summed E-state index contributed by atoms with van der Waals surface area (Å²) < 4.78 is 0. The number of nitrogens with zero attached hydrogens (tertiary/aromatic N) is 1. The van der Waals surface area contributed by atoms with E-state index < -0.39 is 0 Å². The molecule has 0 aliphatic carbocycles. The van der Waals surface area contributed by atoms with Gasteiger partial charge in [-0.2, -0.15) is 0 Å². The van der Waals surface area contributed by atoms with Crippen molar-refractivity contribution in [2.75, 3.05) is 5.32 Å². The number of amides is 1. The van der Waals surface area contributed by atoms with E-state index >= 15 is 0 Å². The number of aromatic nitrogens is 1. The highest BCUT2D eigenvalue weighted by Gasteiger charge is 2.08. The van der Waals surface area contributed by atoms with Gasteiger partial charge in [0.1, 0.15) is 0 Å². The summed E-state index contributed by atoms with van der Waals surface area (Å²) in [6.45, 7) is 5.29. The van der Waals surface area contributed by atoms with Gasteiger partial charge >= 0.3 is 0 Å². The lowest BCUT2D eigenvalue weighted by Crippen LogP contribution is -2.11. The molecule has 0 spiro atoms. The number of hydrogen-bond donors (Lipinski definition) is 1. The molecule has 3 rings (SSSR count). The van der Waals surface area contributed by atoms with Crippen LogP contribution >= 0.6 is 11.3 Å². The highest BCUT2D eigenvalue weighted by atomic mass is 32.1. The maximum absolute atomic E-state index is 11.6. The Morgan fingerprint density at radius 3 is 2.71 bits per heavy atom. The van der Waals surface area contributed by atoms with Crippen molar-refractivity contribution in [3.05, 3.63) is 60.0 Å². The fourth-order valence-electron chi connectivity index (χ4n) is 2.02. The second-order valence-corrected chi connectivity index (χ2v) is 5.69. The molecule has 104 valence electrons. The third-order valence-electron chi connectivity index (χ3n) is 3.16. The Morgan fingerprint density at radius 1 is 1.19 bits per heavy atom. The number of thiazole rings is 1. The lowest BCUT2D eigenvalue weighted by atomic mass is 10.1. The molecule has 0 saturated carbocycles. The molecule has 1 amide bonds. The van der Waals surface area contributed by atoms with E-state index in [4.69, 9.17) is 0 Å². The topological polar surface area (TPSA) is 42.0 Å². The number of benzene rings is 2. The molecule has 0 bridgehead atoms. The van der Waals surface area contributed by atoms with Gasteiger partial charge in [-0.15, -0.1) is 11.3 Å². The van der Waals surface area contributed by atoms with Crippen molar-refractivity contribution < 1.29 is 4.79 Å². The van der Waals surface area contributed by atoms with Gasteiger partial charge in [0.25, 0.3) is 5.91 Å². The quantitative estimate of drug-likeness (QED) is 0.724. The second kappa shape index (κ2) is 5.50. The van der Waals surface area contributed by atoms with Crippen LogP contribution in [0.3, 0.4) is 0 Å². The van der Waals surface area contributed by atoms with E-state index in [2.05, 4.69) is 41.1 Å². The minimum atomic E-state index is -0.200. The molecule has 0 unspecified atom stereocenters. The number of carbonyl (C=O) groups is 1. The van der Waals surface area contributed by atoms with E-state index in [9.17, 15) is 4.79 Å². The SMILES string of the molecule is C=C(C)C(=O)Nc1nc(-c2ccc3ccccc3c2)cs1. The fourth-order valence-corrected chi connectivity index (χ4v) is 2.73. The monoisotopic (exact) mass is 294 g/mol. The number of anilines is 1. The van der Waals surface area contributed by atoms with Crippen LogP contribution in [-0.2, 0) is 4.79 Å². The zero-order valence-electron chi connectivity index (χ0n) is 11.6. The minimum absolute atomic E-state index is 0.200. The summed E-state index contributed by atoms with van der Waals surface area (Å²) >= 11 is 1.41. The molecule has 0 aliphatic heterocycles. The van der Waals surface area contributed by atoms with Gasteiger partial charge < -0.3 is 0 Å². The van der Waals surface area contributed by atoms with E-state index in [1.165, 1.54) is 22.1 Å². The molecule has 1 N–H and O–H groups in total. The van der Waals surface area contributed by atoms with Crippen LogP contribution in [0.15, 0.2) is 60.0 Å². The fraction of sp³-hybridized carbons (Fsp3) is 0.0588. The van der Waals surface area contributed by atoms with Crippen molar-refractivity contribution in [1.82, 2.24) is 4.98 Å². The summed E-state index contributed by atoms with van der Waals surface area (Å²) in [4.78, 5) is 16.0. The third kappa shape index (κ3) is 2.85. The van der Waals surface area contributed by atoms with E-state index in [1.54, 1.807) is 6.92 Å². The Balaban J connectivity index is 1.90. The lowest BCUT2D eigenvalue weighted by Gasteiger charge is -2.01. The molecule has 0 saturated heterocycles. The van der Waals surface area contributed by atoms with Crippen LogP contribution in [-0.4, -0.2) is 10.9 Å². The predicted molar refractivity (Wildman–Crippen MR) is 88.5 cm³/mol. The molecule has 4 heteroatoms. The first-order valence-corrected chi connectivity index (χ1v) is 7.43. The van der Waals surface area contributed by atoms with Crippen molar-refractivity contribution in [3.63, 3.8) is 0 Å². The number of fused-ring (bicyclic) bond motifs is 1. The summed E-state index contributed by atoms with van der Waals surface area (Å²) in [6.07, 6.45) is 0. The van der Waals surface area contributed by atoms with Gasteiger partial charge in [-0.25, -0.2) is 4.98 Å². The molecule has 3 nitrogen and oxygen atoms in total. The first-order chi connectivity index (χ1) is 10.1. The van der Waals surface area contributed by atoms with Crippen LogP contribution in [0.1, 0.15) is 6.92 Å². The van der Waals surface area contributed by atoms with E-state index in [-0.39, 0.29) is 5.91 Å². The number of carbonyl (C=O) groups excluding carboxylic acids is 1. The zero-order chi connectivity index (χ0) is 14.8. The molecule has 1 aromatic heterocycles. The largest absolute Gasteiger partial charge is 0.298 e. The number of rotatable bonds is 3. The molecule has 0 atom stereocenters. The molecule has 21 heavy (non-hydrogen) atoms. The predicted octanol–water partition coefficient (Wildman–Crippen LogP) is 4.48. The molecule has 1 heterocycles. The average molecular weight is 294 g/mol. The Bertz CT molecular complexity index is 835. The minimum Gasteiger partial charge on any atom is -0.298 e. The normalized spacial score (nSPS) is 10.5. The Labute approximate surface area is 127 Å². The van der Waals surface area contributed by atoms with Gasteiger partial charge in [0.05, 0.1) is 5.69 Å². The van der Waals surface area contributed by atoms with Crippen molar-refractivity contribution in [1.29, 1.82) is 0 Å². The van der Waals surface area contributed by atoms with Gasteiger partial charge in [-0.3, -0.25) is 10.1 Å². The summed E-state index contributed by atoms with van der Waals surface area (Å²) in [6, 6.07) is 14.4. The first-order valence-electron chi connectivity index (χ1n) is 6.55. The Morgan fingerprint density at radius 2 is 1.95 bits per heavy atom. The van der Waals surface area contributed by atoms with E-state index in [0.717, 1.165) is 11.3 Å². The van der Waals surface area contributed by atoms with Gasteiger partial charge in [-0.1, -0.05) is 43.0 Å². The highest BCUT2D eigenvalue weighted by Crippen LogP contribution is 2.27. The van der Waals surface area contributed by atoms with Crippen LogP contribution < -0.4 is 5.32 Å². The number of hydrogen-bond acceptors (Lipinski definition) is 3. The third-order valence-corrected chi connectivity index (χ3v) is 3.92. The first kappa shape index (κ1) is 13.5. The smallest absolute Gasteiger partial charge is 0.252 e. The van der Waals surface area contributed by atoms with Crippen molar-refractivity contribution in [2.24, 2.45) is 0 Å². The lowest BCUT2D eigenvalue weighted by molar-refractivity contribution is -0.112. The van der Waals surface area contributed by atoms with Crippen LogP contribution in [0.4, 0.5) is 5.13 Å². The van der Waals surface area contributed by atoms with E-state index in [1.807, 2.05) is 23.6 Å². The van der Waals surface area contributed by atoms with Gasteiger partial charge in [0.2, 0.25) is 0 Å². The highest BCUT2D eigenvalue weighted by molar-refractivity contribution is 7.14. The summed E-state index contributed by atoms with van der Waals surface area (Å²) in [7, 11) is 0. The molecule has 3 aromatic rings.